The number of thiazole rings is 1. The number of rotatable bonds is 7. The van der Waals surface area contributed by atoms with Gasteiger partial charge in [-0.2, -0.15) is 0 Å². The summed E-state index contributed by atoms with van der Waals surface area (Å²) in [6, 6.07) is 13.9. The fourth-order valence-corrected chi connectivity index (χ4v) is 3.14. The van der Waals surface area contributed by atoms with Gasteiger partial charge in [-0.1, -0.05) is 30.3 Å². The van der Waals surface area contributed by atoms with E-state index >= 15 is 0 Å². The van der Waals surface area contributed by atoms with E-state index in [0.29, 0.717) is 6.61 Å². The standard InChI is InChI=1S/C19H18N2O2S/c22-18(23-12-4-5-15-8-10-20-11-9-15)13-17-14-24-19(21-17)16-6-2-1-3-7-16/h1-3,6-11,14H,4-5,12-13H2. The van der Waals surface area contributed by atoms with E-state index in [-0.39, 0.29) is 12.4 Å². The Morgan fingerprint density at radius 3 is 2.67 bits per heavy atom. The van der Waals surface area contributed by atoms with Gasteiger partial charge in [0.1, 0.15) is 5.01 Å². The zero-order valence-corrected chi connectivity index (χ0v) is 14.0. The molecule has 0 amide bonds. The number of benzene rings is 1. The summed E-state index contributed by atoms with van der Waals surface area (Å²) in [5.74, 6) is -0.227. The smallest absolute Gasteiger partial charge is 0.311 e. The lowest BCUT2D eigenvalue weighted by Crippen LogP contribution is -2.09. The van der Waals surface area contributed by atoms with Gasteiger partial charge in [-0.15, -0.1) is 11.3 Å². The molecule has 0 saturated carbocycles. The molecule has 0 radical (unpaired) electrons. The Kier molecular flexibility index (Phi) is 5.69. The third-order valence-corrected chi connectivity index (χ3v) is 4.46. The van der Waals surface area contributed by atoms with Crippen LogP contribution in [-0.2, 0) is 22.4 Å². The fourth-order valence-electron chi connectivity index (χ4n) is 2.31. The van der Waals surface area contributed by atoms with Crippen molar-refractivity contribution >= 4 is 17.3 Å². The first-order valence-corrected chi connectivity index (χ1v) is 8.73. The van der Waals surface area contributed by atoms with Crippen LogP contribution < -0.4 is 0 Å². The molecule has 0 spiro atoms. The average molecular weight is 338 g/mol. The number of nitrogens with zero attached hydrogens (tertiary/aromatic N) is 2. The minimum Gasteiger partial charge on any atom is -0.465 e. The van der Waals surface area contributed by atoms with Crippen LogP contribution in [0.25, 0.3) is 10.6 Å². The predicted octanol–water partition coefficient (Wildman–Crippen LogP) is 3.92. The number of pyridine rings is 1. The van der Waals surface area contributed by atoms with Crippen molar-refractivity contribution in [3.8, 4) is 10.6 Å². The summed E-state index contributed by atoms with van der Waals surface area (Å²) in [4.78, 5) is 20.4. The van der Waals surface area contributed by atoms with Crippen molar-refractivity contribution in [3.63, 3.8) is 0 Å². The number of carbonyl (C=O) groups is 1. The van der Waals surface area contributed by atoms with Crippen LogP contribution in [0.4, 0.5) is 0 Å². The lowest BCUT2D eigenvalue weighted by Gasteiger charge is -2.04. The molecule has 0 bridgehead atoms. The average Bonchev–Trinajstić information content (AvgIpc) is 3.09. The summed E-state index contributed by atoms with van der Waals surface area (Å²) in [6.45, 7) is 0.427. The van der Waals surface area contributed by atoms with Crippen molar-refractivity contribution < 1.29 is 9.53 Å². The molecule has 5 heteroatoms. The number of carbonyl (C=O) groups excluding carboxylic acids is 1. The number of esters is 1. The molecule has 0 aliphatic heterocycles. The molecule has 122 valence electrons. The summed E-state index contributed by atoms with van der Waals surface area (Å²) < 4.78 is 5.29. The van der Waals surface area contributed by atoms with Gasteiger partial charge < -0.3 is 4.74 Å². The minimum atomic E-state index is -0.227. The van der Waals surface area contributed by atoms with E-state index in [1.807, 2.05) is 47.8 Å². The Bertz CT molecular complexity index is 772. The second-order valence-electron chi connectivity index (χ2n) is 5.37. The first kappa shape index (κ1) is 16.3. The zero-order chi connectivity index (χ0) is 16.6. The number of hydrogen-bond acceptors (Lipinski definition) is 5. The summed E-state index contributed by atoms with van der Waals surface area (Å²) in [5, 5.41) is 2.84. The van der Waals surface area contributed by atoms with Crippen LogP contribution in [0.1, 0.15) is 17.7 Å². The second kappa shape index (κ2) is 8.36. The van der Waals surface area contributed by atoms with Crippen LogP contribution >= 0.6 is 11.3 Å². The van der Waals surface area contributed by atoms with E-state index in [4.69, 9.17) is 4.74 Å². The van der Waals surface area contributed by atoms with Gasteiger partial charge in [0.25, 0.3) is 0 Å². The number of ether oxygens (including phenoxy) is 1. The Hall–Kier alpha value is -2.53. The summed E-state index contributed by atoms with van der Waals surface area (Å²) in [5.41, 5.74) is 3.03. The van der Waals surface area contributed by atoms with Gasteiger partial charge >= 0.3 is 5.97 Å². The Morgan fingerprint density at radius 2 is 1.88 bits per heavy atom. The van der Waals surface area contributed by atoms with Gasteiger partial charge in [0, 0.05) is 23.3 Å². The van der Waals surface area contributed by atoms with E-state index in [9.17, 15) is 4.79 Å². The zero-order valence-electron chi connectivity index (χ0n) is 13.2. The molecule has 0 fully saturated rings. The van der Waals surface area contributed by atoms with Crippen molar-refractivity contribution in [2.45, 2.75) is 19.3 Å². The van der Waals surface area contributed by atoms with E-state index < -0.39 is 0 Å². The van der Waals surface area contributed by atoms with Gasteiger partial charge in [-0.05, 0) is 30.5 Å². The van der Waals surface area contributed by atoms with Crippen molar-refractivity contribution in [2.75, 3.05) is 6.61 Å². The molecule has 0 aliphatic rings. The van der Waals surface area contributed by atoms with Gasteiger partial charge in [0.2, 0.25) is 0 Å². The largest absolute Gasteiger partial charge is 0.465 e. The van der Waals surface area contributed by atoms with E-state index in [2.05, 4.69) is 9.97 Å². The highest BCUT2D eigenvalue weighted by Gasteiger charge is 2.10. The van der Waals surface area contributed by atoms with Gasteiger partial charge in [0.05, 0.1) is 18.7 Å². The summed E-state index contributed by atoms with van der Waals surface area (Å²) >= 11 is 1.55. The van der Waals surface area contributed by atoms with E-state index in [0.717, 1.165) is 29.1 Å². The van der Waals surface area contributed by atoms with Crippen molar-refractivity contribution in [3.05, 3.63) is 71.5 Å². The number of hydrogen-bond donors (Lipinski definition) is 0. The molecule has 0 N–H and O–H groups in total. The van der Waals surface area contributed by atoms with Crippen LogP contribution in [0, 0.1) is 0 Å². The highest BCUT2D eigenvalue weighted by molar-refractivity contribution is 7.13. The van der Waals surface area contributed by atoms with E-state index in [1.54, 1.807) is 23.7 Å². The first-order valence-electron chi connectivity index (χ1n) is 7.85. The van der Waals surface area contributed by atoms with Crippen LogP contribution in [0.2, 0.25) is 0 Å². The topological polar surface area (TPSA) is 52.1 Å². The molecule has 4 nitrogen and oxygen atoms in total. The molecule has 0 saturated heterocycles. The Labute approximate surface area is 145 Å². The SMILES string of the molecule is O=C(Cc1csc(-c2ccccc2)n1)OCCCc1ccncc1. The van der Waals surface area contributed by atoms with Crippen molar-refractivity contribution in [2.24, 2.45) is 0 Å². The number of aromatic nitrogens is 2. The predicted molar refractivity (Wildman–Crippen MR) is 94.8 cm³/mol. The van der Waals surface area contributed by atoms with Crippen LogP contribution in [0.15, 0.2) is 60.2 Å². The minimum absolute atomic E-state index is 0.221. The van der Waals surface area contributed by atoms with Crippen molar-refractivity contribution in [1.29, 1.82) is 0 Å². The molecule has 2 aromatic heterocycles. The Morgan fingerprint density at radius 1 is 1.08 bits per heavy atom. The summed E-state index contributed by atoms with van der Waals surface area (Å²) in [6.07, 6.45) is 5.45. The quantitative estimate of drug-likeness (QED) is 0.484. The van der Waals surface area contributed by atoms with Gasteiger partial charge in [-0.3, -0.25) is 9.78 Å². The normalized spacial score (nSPS) is 10.5. The van der Waals surface area contributed by atoms with Gasteiger partial charge in [0.15, 0.2) is 0 Å². The van der Waals surface area contributed by atoms with Gasteiger partial charge in [-0.25, -0.2) is 4.98 Å². The molecule has 0 atom stereocenters. The lowest BCUT2D eigenvalue weighted by atomic mass is 10.1. The number of aryl methyl sites for hydroxylation is 1. The highest BCUT2D eigenvalue weighted by Crippen LogP contribution is 2.23. The summed E-state index contributed by atoms with van der Waals surface area (Å²) in [7, 11) is 0. The molecule has 0 unspecified atom stereocenters. The first-order chi connectivity index (χ1) is 11.8. The highest BCUT2D eigenvalue weighted by atomic mass is 32.1. The third kappa shape index (κ3) is 4.73. The van der Waals surface area contributed by atoms with E-state index in [1.165, 1.54) is 5.56 Å². The third-order valence-electron chi connectivity index (χ3n) is 3.52. The molecule has 3 aromatic rings. The van der Waals surface area contributed by atoms with Crippen molar-refractivity contribution in [1.82, 2.24) is 9.97 Å². The van der Waals surface area contributed by atoms with Crippen LogP contribution in [0.3, 0.4) is 0 Å². The molecule has 1 aromatic carbocycles. The maximum absolute atomic E-state index is 11.9. The lowest BCUT2D eigenvalue weighted by molar-refractivity contribution is -0.142. The molecule has 3 rings (SSSR count). The maximum Gasteiger partial charge on any atom is 0.311 e. The molecule has 0 aliphatic carbocycles. The van der Waals surface area contributed by atoms with Crippen LogP contribution in [-0.4, -0.2) is 22.5 Å². The molecular weight excluding hydrogens is 320 g/mol. The molecule has 24 heavy (non-hydrogen) atoms. The molecular formula is C19H18N2O2S. The molecule has 2 heterocycles. The second-order valence-corrected chi connectivity index (χ2v) is 6.22. The van der Waals surface area contributed by atoms with Crippen LogP contribution in [0.5, 0.6) is 0 Å². The Balaban J connectivity index is 1.43. The fraction of sp³-hybridized carbons (Fsp3) is 0.211. The maximum atomic E-state index is 11.9. The monoisotopic (exact) mass is 338 g/mol.